The van der Waals surface area contributed by atoms with E-state index in [0.29, 0.717) is 44.2 Å². The lowest BCUT2D eigenvalue weighted by molar-refractivity contribution is -0.663. The third-order valence-corrected chi connectivity index (χ3v) is 20.5. The van der Waals surface area contributed by atoms with Crippen LogP contribution in [0, 0.1) is 55.2 Å². The van der Waals surface area contributed by atoms with Gasteiger partial charge in [-0.3, -0.25) is 9.97 Å². The summed E-state index contributed by atoms with van der Waals surface area (Å²) in [5, 5.41) is 16.3. The first-order chi connectivity index (χ1) is 54.2. The summed E-state index contributed by atoms with van der Waals surface area (Å²) in [7, 11) is 7.74. The van der Waals surface area contributed by atoms with Crippen LogP contribution in [0.4, 0.5) is 0 Å². The van der Waals surface area contributed by atoms with Crippen molar-refractivity contribution in [2.75, 3.05) is 0 Å². The van der Waals surface area contributed by atoms with E-state index in [2.05, 4.69) is 111 Å². The van der Waals surface area contributed by atoms with E-state index in [1.54, 1.807) is 55.6 Å². The van der Waals surface area contributed by atoms with E-state index in [1.165, 1.54) is 38.1 Å². The molecule has 504 valence electrons. The second-order valence-electron chi connectivity index (χ2n) is 26.9. The summed E-state index contributed by atoms with van der Waals surface area (Å²) in [5.41, 5.74) is 19.4. The van der Waals surface area contributed by atoms with Crippen molar-refractivity contribution in [3.63, 3.8) is 0 Å². The summed E-state index contributed by atoms with van der Waals surface area (Å²) in [4.78, 5) is 17.0. The molecular weight excluding hydrogens is 1280 g/mol. The molecule has 0 atom stereocenters. The minimum absolute atomic E-state index is 0.0733. The minimum atomic E-state index is -2.26. The quantitative estimate of drug-likeness (QED) is 0.160. The van der Waals surface area contributed by atoms with E-state index in [0.717, 1.165) is 133 Å². The van der Waals surface area contributed by atoms with Crippen LogP contribution in [-0.4, -0.2) is 19.9 Å². The first-order valence-electron chi connectivity index (χ1n) is 38.9. The predicted molar refractivity (Wildman–Crippen MR) is 420 cm³/mol. The molecule has 12 aromatic carbocycles. The lowest BCUT2D eigenvalue weighted by Gasteiger charge is -2.09. The smallest absolute Gasteiger partial charge is 0.286 e. The van der Waals surface area contributed by atoms with Gasteiger partial charge < -0.3 is 17.7 Å². The highest BCUT2D eigenvalue weighted by atomic mass is 16.3. The van der Waals surface area contributed by atoms with Gasteiger partial charge in [-0.15, -0.1) is 0 Å². The van der Waals surface area contributed by atoms with E-state index in [9.17, 15) is 0 Å². The van der Waals surface area contributed by atoms with Crippen molar-refractivity contribution in [1.82, 2.24) is 19.9 Å². The number of benzene rings is 12. The molecule has 0 bridgehead atoms. The molecule has 12 nitrogen and oxygen atoms in total. The fourth-order valence-electron chi connectivity index (χ4n) is 15.3. The molecule has 0 amide bonds. The summed E-state index contributed by atoms with van der Waals surface area (Å²) >= 11 is 0. The van der Waals surface area contributed by atoms with Crippen LogP contribution in [0.1, 0.15) is 57.0 Å². The van der Waals surface area contributed by atoms with Gasteiger partial charge >= 0.3 is 0 Å². The molecule has 0 N–H and O–H groups in total. The van der Waals surface area contributed by atoms with Crippen LogP contribution in [-0.2, 0) is 28.2 Å². The number of hydrogen-bond acceptors (Lipinski definition) is 8. The predicted octanol–water partition coefficient (Wildman–Crippen LogP) is 21.0. The van der Waals surface area contributed by atoms with Gasteiger partial charge in [0.1, 0.15) is 83.4 Å². The van der Waals surface area contributed by atoms with Crippen LogP contribution in [0.2, 0.25) is 0 Å². The molecule has 0 aliphatic rings. The fraction of sp³-hybridized carbons (Fsp3) is 0.130. The molecule has 8 aromatic heterocycles. The van der Waals surface area contributed by atoms with Gasteiger partial charge in [0.2, 0.25) is 17.1 Å². The molecule has 0 fully saturated rings. The molecule has 20 aromatic rings. The van der Waals surface area contributed by atoms with Gasteiger partial charge in [-0.25, -0.2) is 9.55 Å². The Morgan fingerprint density at radius 1 is 0.317 bits per heavy atom. The Kier molecular flexibility index (Phi) is 13.6. The van der Waals surface area contributed by atoms with Crippen molar-refractivity contribution >= 4 is 131 Å². The van der Waals surface area contributed by atoms with Gasteiger partial charge in [0, 0.05) is 61.5 Å². The number of hydrogen-bond donors (Lipinski definition) is 0. The summed E-state index contributed by atoms with van der Waals surface area (Å²) in [6.07, 6.45) is 17.7. The van der Waals surface area contributed by atoms with Crippen molar-refractivity contribution in [2.24, 2.45) is 28.2 Å². The van der Waals surface area contributed by atoms with Crippen molar-refractivity contribution < 1.29 is 48.3 Å². The first kappa shape index (κ1) is 55.0. The van der Waals surface area contributed by atoms with Crippen LogP contribution >= 0.6 is 0 Å². The third kappa shape index (κ3) is 10.7. The van der Waals surface area contributed by atoms with Gasteiger partial charge in [0.05, 0.1) is 60.3 Å². The zero-order chi connectivity index (χ0) is 78.8. The fourth-order valence-corrected chi connectivity index (χ4v) is 15.3. The highest BCUT2D eigenvalue weighted by Crippen LogP contribution is 2.46. The molecule has 0 radical (unpaired) electrons. The molecule has 0 unspecified atom stereocenters. The van der Waals surface area contributed by atoms with Gasteiger partial charge in [-0.2, -0.15) is 13.7 Å². The lowest BCUT2D eigenvalue weighted by Crippen LogP contribution is -2.31. The molecule has 8 heterocycles. The average Bonchev–Trinajstić information content (AvgIpc) is 1.60. The van der Waals surface area contributed by atoms with Gasteiger partial charge in [-0.1, -0.05) is 151 Å². The zero-order valence-electron chi connectivity index (χ0n) is 67.8. The second-order valence-corrected chi connectivity index (χ2v) is 26.9. The molecule has 104 heavy (non-hydrogen) atoms. The largest absolute Gasteiger partial charge is 0.455 e. The lowest BCUT2D eigenvalue weighted by atomic mass is 9.95. The maximum Gasteiger partial charge on any atom is 0.286 e. The van der Waals surface area contributed by atoms with Gasteiger partial charge in [0.15, 0.2) is 18.6 Å². The topological polar surface area (TPSA) is 120 Å². The monoisotopic (exact) mass is 1370 g/mol. The number of nitrogens with zero attached hydrogens (tertiary/aromatic N) is 8. The van der Waals surface area contributed by atoms with Gasteiger partial charge in [-0.05, 0) is 168 Å². The maximum atomic E-state index is 8.17. The number of rotatable bonds is 4. The highest BCUT2D eigenvalue weighted by molar-refractivity contribution is 6.25. The standard InChI is InChI=1S/4C23H19N2O/c1-14-8-10-18-22-17-7-5-4-6-16(17)9-11-20(22)26-23(18)21(14)19-12-24-15(2)13-25(19)3;1-14-12-18-22-17-7-5-4-6-16(17)8-9-20(22)26-23(18)21(15(14)2)19-13-24-10-11-25(19)3;1-14-12-15(2)21-22-17-7-5-4-6-16(17)8-9-19(22)26-23(21)20(14)18-13-24-10-11-25(18)3;1-14-12-15(2)21-22-17-7-5-4-6-16(17)8-9-19(22)26-23(21)20(14)18-10-11-24-13-25(18)3/h4*4-13H,1-3H3/q4*+1/i2D3;;2*2D3. The molecule has 0 aliphatic heterocycles. The van der Waals surface area contributed by atoms with Crippen molar-refractivity contribution in [3.8, 4) is 45.0 Å². The molecule has 0 saturated carbocycles. The Labute approximate surface area is 613 Å². The Balaban J connectivity index is 0.000000109. The zero-order valence-corrected chi connectivity index (χ0v) is 58.8. The van der Waals surface area contributed by atoms with Crippen molar-refractivity contribution in [2.45, 2.75) is 55.2 Å². The normalized spacial score (nSPS) is 13.3. The van der Waals surface area contributed by atoms with E-state index >= 15 is 0 Å². The number of fused-ring (bicyclic) bond motifs is 20. The Morgan fingerprint density at radius 2 is 0.760 bits per heavy atom. The molecule has 0 spiro atoms. The molecule has 20 rings (SSSR count). The summed E-state index contributed by atoms with van der Waals surface area (Å²) in [6, 6.07) is 60.8. The molecule has 0 aliphatic carbocycles. The van der Waals surface area contributed by atoms with Gasteiger partial charge in [0.25, 0.3) is 6.33 Å². The Hall–Kier alpha value is -12.8. The second kappa shape index (κ2) is 25.7. The van der Waals surface area contributed by atoms with Crippen molar-refractivity contribution in [3.05, 3.63) is 289 Å². The Morgan fingerprint density at radius 3 is 1.25 bits per heavy atom. The summed E-state index contributed by atoms with van der Waals surface area (Å²) in [5.74, 6) is 0. The summed E-state index contributed by atoms with van der Waals surface area (Å²) in [6.45, 7) is 3.44. The third-order valence-electron chi connectivity index (χ3n) is 20.5. The number of aromatic nitrogens is 8. The molecular formula is C92H76N8O4+4. The summed E-state index contributed by atoms with van der Waals surface area (Å²) < 4.78 is 105. The van der Waals surface area contributed by atoms with E-state index < -0.39 is 20.6 Å². The number of furan rings is 4. The molecule has 0 saturated heterocycles. The SMILES string of the molecule is Cc1cc2c(oc3ccc4ccccc4c32)c(-c2cncc[n+]2C)c1C.[2H]C([2H])([2H])c1c[n+](C)c(-c2c(C)ccc3c2oc2ccc4ccccc4c23)cn1.[2H]C([2H])([2H])c1cc(C)c(-c2ccnc[n+]2C)c2oc3ccc4ccccc4c3c12.[2H]C([2H])([2H])c1cc(C)c(-c2cncc[n+]2C)c2oc3ccc4ccccc4c3c12. The van der Waals surface area contributed by atoms with Crippen LogP contribution < -0.4 is 18.3 Å². The van der Waals surface area contributed by atoms with Crippen LogP contribution in [0.25, 0.3) is 176 Å². The maximum absolute atomic E-state index is 8.17. The highest BCUT2D eigenvalue weighted by Gasteiger charge is 2.28. The van der Waals surface area contributed by atoms with Crippen LogP contribution in [0.15, 0.2) is 262 Å². The Bertz CT molecular complexity index is 7080. The number of aryl methyl sites for hydroxylation is 11. The molecule has 12 heteroatoms. The van der Waals surface area contributed by atoms with Crippen LogP contribution in [0.3, 0.4) is 0 Å². The van der Waals surface area contributed by atoms with E-state index in [4.69, 9.17) is 30.0 Å². The first-order valence-corrected chi connectivity index (χ1v) is 34.4. The van der Waals surface area contributed by atoms with Crippen LogP contribution in [0.5, 0.6) is 0 Å². The van der Waals surface area contributed by atoms with E-state index in [-0.39, 0.29) is 5.69 Å². The van der Waals surface area contributed by atoms with Crippen molar-refractivity contribution in [1.29, 1.82) is 0 Å². The minimum Gasteiger partial charge on any atom is -0.455 e. The average molecular weight is 1370 g/mol. The van der Waals surface area contributed by atoms with E-state index in [1.807, 2.05) is 178 Å².